The van der Waals surface area contributed by atoms with Gasteiger partial charge < -0.3 is 15.8 Å². The van der Waals surface area contributed by atoms with Crippen molar-refractivity contribution >= 4 is 28.8 Å². The standard InChI is InChI=1S/C25H31ClFN5O2/c1-12(2)34-22-16(14(4)24-30-15(5)21-23(28)29-9-10-32(21)24)11-17(26)20(27)19(22)25(33)31-18-8-6-7-13(18)3/h9-14,18H,6-8H2,1-5H3,(H2,28,29)(H,31,33)/t13-,14-,18?/m0/s1. The number of hydrogen-bond acceptors (Lipinski definition) is 5. The molecule has 3 atom stereocenters. The van der Waals surface area contributed by atoms with E-state index in [1.54, 1.807) is 12.4 Å². The number of aromatic nitrogens is 3. The lowest BCUT2D eigenvalue weighted by atomic mass is 9.95. The van der Waals surface area contributed by atoms with Crippen molar-refractivity contribution in [3.63, 3.8) is 0 Å². The first-order valence-corrected chi connectivity index (χ1v) is 12.1. The Bertz CT molecular complexity index is 1240. The Balaban J connectivity index is 1.86. The van der Waals surface area contributed by atoms with Crippen LogP contribution >= 0.6 is 11.6 Å². The molecule has 0 spiro atoms. The largest absolute Gasteiger partial charge is 0.490 e. The first-order chi connectivity index (χ1) is 16.1. The number of imidazole rings is 1. The van der Waals surface area contributed by atoms with Crippen LogP contribution in [0.15, 0.2) is 18.5 Å². The molecular weight excluding hydrogens is 457 g/mol. The molecule has 9 heteroatoms. The first kappa shape index (κ1) is 24.3. The highest BCUT2D eigenvalue weighted by Crippen LogP contribution is 2.40. The van der Waals surface area contributed by atoms with Crippen LogP contribution in [0, 0.1) is 18.7 Å². The van der Waals surface area contributed by atoms with Gasteiger partial charge in [-0.3, -0.25) is 9.20 Å². The maximum Gasteiger partial charge on any atom is 0.258 e. The van der Waals surface area contributed by atoms with Gasteiger partial charge in [0, 0.05) is 29.9 Å². The average Bonchev–Trinajstić information content (AvgIpc) is 3.33. The molecule has 0 aliphatic heterocycles. The molecule has 1 amide bonds. The van der Waals surface area contributed by atoms with Crippen molar-refractivity contribution in [2.24, 2.45) is 5.92 Å². The van der Waals surface area contributed by atoms with E-state index >= 15 is 4.39 Å². The fourth-order valence-electron chi connectivity index (χ4n) is 4.83. The van der Waals surface area contributed by atoms with Gasteiger partial charge in [0.05, 0.1) is 16.8 Å². The number of nitrogens with zero attached hydrogens (tertiary/aromatic N) is 3. The molecule has 0 saturated heterocycles. The molecule has 4 rings (SSSR count). The number of carbonyl (C=O) groups is 1. The van der Waals surface area contributed by atoms with E-state index in [2.05, 4.69) is 17.2 Å². The van der Waals surface area contributed by atoms with Crippen LogP contribution in [0.1, 0.15) is 80.3 Å². The van der Waals surface area contributed by atoms with Gasteiger partial charge in [-0.15, -0.1) is 0 Å². The van der Waals surface area contributed by atoms with Crippen molar-refractivity contribution in [2.75, 3.05) is 5.73 Å². The number of fused-ring (bicyclic) bond motifs is 1. The Hall–Kier alpha value is -2.87. The number of halogens is 2. The second-order valence-electron chi connectivity index (χ2n) is 9.43. The van der Waals surface area contributed by atoms with Crippen LogP contribution in [0.25, 0.3) is 5.52 Å². The minimum atomic E-state index is -0.783. The van der Waals surface area contributed by atoms with Gasteiger partial charge in [-0.05, 0) is 45.6 Å². The summed E-state index contributed by atoms with van der Waals surface area (Å²) in [6.45, 7) is 9.54. The Morgan fingerprint density at radius 2 is 2.09 bits per heavy atom. The fourth-order valence-corrected chi connectivity index (χ4v) is 5.04. The highest BCUT2D eigenvalue weighted by atomic mass is 35.5. The van der Waals surface area contributed by atoms with Gasteiger partial charge in [0.25, 0.3) is 5.91 Å². The average molecular weight is 488 g/mol. The van der Waals surface area contributed by atoms with Crippen LogP contribution < -0.4 is 15.8 Å². The lowest BCUT2D eigenvalue weighted by molar-refractivity contribution is 0.0918. The summed E-state index contributed by atoms with van der Waals surface area (Å²) in [5.41, 5.74) is 7.92. The predicted octanol–water partition coefficient (Wildman–Crippen LogP) is 5.27. The lowest BCUT2D eigenvalue weighted by Crippen LogP contribution is -2.37. The Morgan fingerprint density at radius 1 is 1.35 bits per heavy atom. The molecule has 7 nitrogen and oxygen atoms in total. The summed E-state index contributed by atoms with van der Waals surface area (Å²) < 4.78 is 23.3. The van der Waals surface area contributed by atoms with E-state index in [9.17, 15) is 4.79 Å². The summed E-state index contributed by atoms with van der Waals surface area (Å²) >= 11 is 6.33. The van der Waals surface area contributed by atoms with Crippen molar-refractivity contribution in [1.29, 1.82) is 0 Å². The third-order valence-corrected chi connectivity index (χ3v) is 6.87. The summed E-state index contributed by atoms with van der Waals surface area (Å²) in [5, 5.41) is 2.87. The van der Waals surface area contributed by atoms with Crippen molar-refractivity contribution < 1.29 is 13.9 Å². The van der Waals surface area contributed by atoms with Gasteiger partial charge in [0.15, 0.2) is 5.82 Å². The summed E-state index contributed by atoms with van der Waals surface area (Å²) in [5.74, 6) is -0.135. The zero-order valence-corrected chi connectivity index (χ0v) is 20.9. The number of nitrogens with two attached hydrogens (primary N) is 1. The number of amides is 1. The molecule has 0 radical (unpaired) electrons. The molecule has 0 bridgehead atoms. The van der Waals surface area contributed by atoms with Gasteiger partial charge >= 0.3 is 0 Å². The molecule has 2 heterocycles. The third kappa shape index (κ3) is 4.31. The first-order valence-electron chi connectivity index (χ1n) is 11.7. The van der Waals surface area contributed by atoms with E-state index in [1.165, 1.54) is 6.07 Å². The zero-order chi connectivity index (χ0) is 24.7. The number of nitrogens with one attached hydrogen (secondary N) is 1. The van der Waals surface area contributed by atoms with Gasteiger partial charge in [0.1, 0.15) is 28.5 Å². The number of aryl methyl sites for hydroxylation is 1. The molecule has 182 valence electrons. The van der Waals surface area contributed by atoms with Crippen LogP contribution in [-0.4, -0.2) is 32.4 Å². The third-order valence-electron chi connectivity index (χ3n) is 6.60. The zero-order valence-electron chi connectivity index (χ0n) is 20.2. The molecule has 3 N–H and O–H groups in total. The molecule has 1 aliphatic carbocycles. The topological polar surface area (TPSA) is 94.5 Å². The van der Waals surface area contributed by atoms with Crippen LogP contribution in [0.4, 0.5) is 10.2 Å². The van der Waals surface area contributed by atoms with E-state index in [-0.39, 0.29) is 34.4 Å². The van der Waals surface area contributed by atoms with E-state index in [0.717, 1.165) is 25.0 Å². The molecule has 3 aromatic rings. The number of carbonyl (C=O) groups excluding carboxylic acids is 1. The maximum absolute atomic E-state index is 15.4. The van der Waals surface area contributed by atoms with Crippen LogP contribution in [0.2, 0.25) is 5.02 Å². The van der Waals surface area contributed by atoms with Crippen LogP contribution in [0.5, 0.6) is 5.75 Å². The van der Waals surface area contributed by atoms with Crippen molar-refractivity contribution in [2.45, 2.75) is 71.9 Å². The normalized spacial score (nSPS) is 19.1. The SMILES string of the molecule is Cc1nc([C@@H](C)c2cc(Cl)c(F)c(C(=O)NC3CCC[C@@H]3C)c2OC(C)C)n2ccnc(N)c12. The van der Waals surface area contributed by atoms with Crippen molar-refractivity contribution in [3.8, 4) is 5.75 Å². The monoisotopic (exact) mass is 487 g/mol. The fraction of sp³-hybridized carbons (Fsp3) is 0.480. The highest BCUT2D eigenvalue weighted by Gasteiger charge is 2.32. The highest BCUT2D eigenvalue weighted by molar-refractivity contribution is 6.31. The quantitative estimate of drug-likeness (QED) is 0.494. The van der Waals surface area contributed by atoms with Gasteiger partial charge in [-0.25, -0.2) is 14.4 Å². The minimum absolute atomic E-state index is 0.00646. The summed E-state index contributed by atoms with van der Waals surface area (Å²) in [7, 11) is 0. The second kappa shape index (κ2) is 9.41. The molecule has 34 heavy (non-hydrogen) atoms. The maximum atomic E-state index is 15.4. The van der Waals surface area contributed by atoms with Gasteiger partial charge in [-0.2, -0.15) is 0 Å². The summed E-state index contributed by atoms with van der Waals surface area (Å²) in [6, 6.07) is 1.52. The summed E-state index contributed by atoms with van der Waals surface area (Å²) in [4.78, 5) is 22.2. The van der Waals surface area contributed by atoms with Crippen molar-refractivity contribution in [1.82, 2.24) is 19.7 Å². The molecule has 1 unspecified atom stereocenters. The van der Waals surface area contributed by atoms with E-state index in [0.29, 0.717) is 28.6 Å². The number of anilines is 1. The van der Waals surface area contributed by atoms with E-state index < -0.39 is 11.7 Å². The molecule has 1 aliphatic rings. The number of rotatable bonds is 6. The minimum Gasteiger partial charge on any atom is -0.490 e. The van der Waals surface area contributed by atoms with Crippen LogP contribution in [0.3, 0.4) is 0 Å². The molecule has 1 aromatic carbocycles. The Labute approximate surface area is 203 Å². The van der Waals surface area contributed by atoms with Crippen LogP contribution in [-0.2, 0) is 0 Å². The predicted molar refractivity (Wildman–Crippen MR) is 131 cm³/mol. The number of benzene rings is 1. The smallest absolute Gasteiger partial charge is 0.258 e. The molecule has 1 saturated carbocycles. The van der Waals surface area contributed by atoms with E-state index in [1.807, 2.05) is 32.1 Å². The Morgan fingerprint density at radius 3 is 2.74 bits per heavy atom. The molecule has 1 fully saturated rings. The van der Waals surface area contributed by atoms with Crippen molar-refractivity contribution in [3.05, 3.63) is 51.9 Å². The lowest BCUT2D eigenvalue weighted by Gasteiger charge is -2.24. The van der Waals surface area contributed by atoms with E-state index in [4.69, 9.17) is 27.1 Å². The van der Waals surface area contributed by atoms with Gasteiger partial charge in [0.2, 0.25) is 0 Å². The summed E-state index contributed by atoms with van der Waals surface area (Å²) in [6.07, 6.45) is 6.03. The molecule has 2 aromatic heterocycles. The Kier molecular flexibility index (Phi) is 6.71. The molecular formula is C25H31ClFN5O2. The van der Waals surface area contributed by atoms with Gasteiger partial charge in [-0.1, -0.05) is 31.9 Å². The number of hydrogen-bond donors (Lipinski definition) is 2. The second-order valence-corrected chi connectivity index (χ2v) is 9.84. The number of nitrogen functional groups attached to an aromatic ring is 1. The number of ether oxygens (including phenoxy) is 1.